The molecule has 0 saturated heterocycles. The smallest absolute Gasteiger partial charge is 0.320 e. The summed E-state index contributed by atoms with van der Waals surface area (Å²) in [6.07, 6.45) is 2.19. The van der Waals surface area contributed by atoms with Gasteiger partial charge in [-0.05, 0) is 32.2 Å². The zero-order valence-corrected chi connectivity index (χ0v) is 11.8. The third-order valence-electron chi connectivity index (χ3n) is 3.10. The monoisotopic (exact) mass is 290 g/mol. The maximum Gasteiger partial charge on any atom is 0.320 e. The molecule has 0 aromatic rings. The van der Waals surface area contributed by atoms with E-state index in [0.717, 1.165) is 6.42 Å². The van der Waals surface area contributed by atoms with Crippen LogP contribution in [0.4, 0.5) is 0 Å². The van der Waals surface area contributed by atoms with Crippen molar-refractivity contribution in [3.8, 4) is 0 Å². The van der Waals surface area contributed by atoms with Crippen LogP contribution in [0.2, 0.25) is 0 Å². The lowest BCUT2D eigenvalue weighted by Crippen LogP contribution is -2.65. The van der Waals surface area contributed by atoms with Crippen molar-refractivity contribution in [3.05, 3.63) is 0 Å². The molecule has 2 atom stereocenters. The Morgan fingerprint density at radius 3 is 2.20 bits per heavy atom. The van der Waals surface area contributed by atoms with E-state index >= 15 is 0 Å². The number of rotatable bonds is 11. The van der Waals surface area contributed by atoms with Crippen molar-refractivity contribution in [2.75, 3.05) is 6.54 Å². The van der Waals surface area contributed by atoms with E-state index < -0.39 is 29.7 Å². The van der Waals surface area contributed by atoms with E-state index in [1.54, 1.807) is 6.92 Å². The van der Waals surface area contributed by atoms with E-state index in [-0.39, 0.29) is 12.8 Å². The average Bonchev–Trinajstić information content (AvgIpc) is 2.34. The number of hydrogen-bond acceptors (Lipinski definition) is 6. The second-order valence-corrected chi connectivity index (χ2v) is 5.14. The number of unbranched alkanes of at least 4 members (excludes halogenated alkanes) is 1. The minimum atomic E-state index is -1.41. The predicted molar refractivity (Wildman–Crippen MR) is 74.6 cm³/mol. The number of nitrogens with two attached hydrogens (primary N) is 3. The topological polar surface area (TPSA) is 165 Å². The van der Waals surface area contributed by atoms with Crippen LogP contribution in [0.15, 0.2) is 0 Å². The van der Waals surface area contributed by atoms with Crippen LogP contribution in [0.1, 0.15) is 39.0 Å². The number of nitrogens with one attached hydrogen (secondary N) is 1. The van der Waals surface area contributed by atoms with Crippen LogP contribution in [0, 0.1) is 5.92 Å². The van der Waals surface area contributed by atoms with Crippen molar-refractivity contribution in [2.45, 2.75) is 50.9 Å². The molecule has 8 nitrogen and oxygen atoms in total. The number of carboxylic acid groups (broad SMARTS) is 2. The summed E-state index contributed by atoms with van der Waals surface area (Å²) in [6, 6.07) is -0.864. The molecule has 0 aliphatic rings. The van der Waals surface area contributed by atoms with Crippen molar-refractivity contribution in [1.29, 1.82) is 0 Å². The molecule has 0 heterocycles. The third kappa shape index (κ3) is 8.05. The highest BCUT2D eigenvalue weighted by Gasteiger charge is 2.28. The zero-order chi connectivity index (χ0) is 15.8. The Bertz CT molecular complexity index is 323. The normalized spacial score (nSPS) is 14.8. The fraction of sp³-hybridized carbons (Fsp3) is 0.833. The summed E-state index contributed by atoms with van der Waals surface area (Å²) in [5, 5.41) is 20.6. The molecule has 0 saturated carbocycles. The van der Waals surface area contributed by atoms with E-state index in [9.17, 15) is 9.59 Å². The Kier molecular flexibility index (Phi) is 8.31. The fourth-order valence-electron chi connectivity index (χ4n) is 1.73. The number of carbonyl (C=O) groups is 2. The third-order valence-corrected chi connectivity index (χ3v) is 3.10. The van der Waals surface area contributed by atoms with Gasteiger partial charge in [0.05, 0.1) is 5.92 Å². The Morgan fingerprint density at radius 1 is 1.15 bits per heavy atom. The van der Waals surface area contributed by atoms with Crippen LogP contribution in [0.25, 0.3) is 0 Å². The van der Waals surface area contributed by atoms with Crippen molar-refractivity contribution in [1.82, 2.24) is 5.32 Å². The first-order chi connectivity index (χ1) is 9.19. The molecule has 0 aliphatic carbocycles. The van der Waals surface area contributed by atoms with Gasteiger partial charge in [-0.1, -0.05) is 13.3 Å². The molecule has 1 unspecified atom stereocenters. The van der Waals surface area contributed by atoms with Crippen LogP contribution in [0.3, 0.4) is 0 Å². The summed E-state index contributed by atoms with van der Waals surface area (Å²) >= 11 is 0. The maximum atomic E-state index is 11.1. The molecule has 0 radical (unpaired) electrons. The van der Waals surface area contributed by atoms with Gasteiger partial charge in [0.1, 0.15) is 11.8 Å². The highest BCUT2D eigenvalue weighted by Crippen LogP contribution is 2.11. The number of hydrogen-bond donors (Lipinski definition) is 6. The Balaban J connectivity index is 4.36. The average molecular weight is 290 g/mol. The predicted octanol–water partition coefficient (Wildman–Crippen LogP) is -0.770. The van der Waals surface area contributed by atoms with Gasteiger partial charge in [0.15, 0.2) is 0 Å². The van der Waals surface area contributed by atoms with Crippen LogP contribution in [-0.4, -0.2) is 40.5 Å². The van der Waals surface area contributed by atoms with Crippen LogP contribution in [-0.2, 0) is 9.59 Å². The lowest BCUT2D eigenvalue weighted by molar-refractivity contribution is -0.142. The Hall–Kier alpha value is -1.22. The second kappa shape index (κ2) is 8.85. The molecule has 0 aromatic carbocycles. The van der Waals surface area contributed by atoms with Gasteiger partial charge in [-0.2, -0.15) is 0 Å². The standard InChI is InChI=1S/C12H26N4O4/c1-8(10(17)18)5-6-12(14,15)16-9(11(19)20)4-2-3-7-13/h8-9,16H,2-7,13-15H2,1H3,(H,17,18)(H,19,20)/t8?,9-/m0/s1. The molecule has 0 aromatic heterocycles. The molecule has 20 heavy (non-hydrogen) atoms. The SMILES string of the molecule is CC(CCC(N)(N)N[C@@H](CCCCN)C(=O)O)C(=O)O. The molecule has 0 bridgehead atoms. The maximum absolute atomic E-state index is 11.1. The van der Waals surface area contributed by atoms with E-state index in [0.29, 0.717) is 19.4 Å². The van der Waals surface area contributed by atoms with Gasteiger partial charge >= 0.3 is 11.9 Å². The lowest BCUT2D eigenvalue weighted by atomic mass is 10.0. The van der Waals surface area contributed by atoms with Crippen molar-refractivity contribution < 1.29 is 19.8 Å². The summed E-state index contributed by atoms with van der Waals surface area (Å²) in [7, 11) is 0. The molecular weight excluding hydrogens is 264 g/mol. The van der Waals surface area contributed by atoms with Gasteiger partial charge in [0.2, 0.25) is 0 Å². The molecule has 0 aliphatic heterocycles. The highest BCUT2D eigenvalue weighted by atomic mass is 16.4. The quantitative estimate of drug-likeness (QED) is 0.213. The number of carboxylic acids is 2. The summed E-state index contributed by atoms with van der Waals surface area (Å²) in [6.45, 7) is 2.05. The minimum Gasteiger partial charge on any atom is -0.481 e. The molecule has 0 amide bonds. The Morgan fingerprint density at radius 2 is 1.75 bits per heavy atom. The van der Waals surface area contributed by atoms with E-state index in [1.807, 2.05) is 0 Å². The van der Waals surface area contributed by atoms with Gasteiger partial charge in [0, 0.05) is 0 Å². The molecule has 0 rings (SSSR count). The minimum absolute atomic E-state index is 0.168. The molecule has 0 fully saturated rings. The summed E-state index contributed by atoms with van der Waals surface area (Å²) in [5.74, 6) is -3.95. The molecule has 8 heteroatoms. The summed E-state index contributed by atoms with van der Waals surface area (Å²) in [4.78, 5) is 21.8. The summed E-state index contributed by atoms with van der Waals surface area (Å²) in [5.41, 5.74) is 16.9. The highest BCUT2D eigenvalue weighted by molar-refractivity contribution is 5.73. The van der Waals surface area contributed by atoms with Crippen LogP contribution < -0.4 is 22.5 Å². The molecule has 0 spiro atoms. The van der Waals surface area contributed by atoms with Gasteiger partial charge < -0.3 is 27.4 Å². The molecule has 9 N–H and O–H groups in total. The molecular formula is C12H26N4O4. The first kappa shape index (κ1) is 18.8. The van der Waals surface area contributed by atoms with Crippen molar-refractivity contribution in [2.24, 2.45) is 23.1 Å². The second-order valence-electron chi connectivity index (χ2n) is 5.14. The lowest BCUT2D eigenvalue weighted by Gasteiger charge is -2.30. The Labute approximate surface area is 118 Å². The van der Waals surface area contributed by atoms with Crippen molar-refractivity contribution >= 4 is 11.9 Å². The van der Waals surface area contributed by atoms with Crippen LogP contribution >= 0.6 is 0 Å². The van der Waals surface area contributed by atoms with Gasteiger partial charge in [-0.25, -0.2) is 0 Å². The van der Waals surface area contributed by atoms with Gasteiger partial charge in [-0.3, -0.25) is 14.9 Å². The largest absolute Gasteiger partial charge is 0.481 e. The zero-order valence-electron chi connectivity index (χ0n) is 11.8. The van der Waals surface area contributed by atoms with Gasteiger partial charge in [0.25, 0.3) is 0 Å². The van der Waals surface area contributed by atoms with E-state index in [2.05, 4.69) is 5.32 Å². The molecule has 118 valence electrons. The van der Waals surface area contributed by atoms with Gasteiger partial charge in [-0.15, -0.1) is 0 Å². The fourth-order valence-corrected chi connectivity index (χ4v) is 1.73. The summed E-state index contributed by atoms with van der Waals surface area (Å²) < 4.78 is 0. The van der Waals surface area contributed by atoms with E-state index in [1.165, 1.54) is 0 Å². The first-order valence-electron chi connectivity index (χ1n) is 6.70. The van der Waals surface area contributed by atoms with Crippen molar-refractivity contribution in [3.63, 3.8) is 0 Å². The number of aliphatic carboxylic acids is 2. The first-order valence-corrected chi connectivity index (χ1v) is 6.70. The van der Waals surface area contributed by atoms with Crippen LogP contribution in [0.5, 0.6) is 0 Å². The van der Waals surface area contributed by atoms with E-state index in [4.69, 9.17) is 27.4 Å².